The van der Waals surface area contributed by atoms with Gasteiger partial charge in [-0.2, -0.15) is 8.78 Å². The first kappa shape index (κ1) is 20.1. The van der Waals surface area contributed by atoms with Crippen LogP contribution in [0.2, 0.25) is 0 Å². The fraction of sp³-hybridized carbons (Fsp3) is 0.667. The van der Waals surface area contributed by atoms with Crippen molar-refractivity contribution in [2.75, 3.05) is 6.61 Å². The standard InChI is InChI=1S/C21H26F2O4S/c1-13-3-4-17(14(2)5-13)20-9-15-6-16(10-20)8-19(7-15,11-20)12-26-18(24)21(22,23)28-27-25/h3-5,15-16,25H,6-12H2,1-2H3/p-1. The Morgan fingerprint density at radius 3 is 2.54 bits per heavy atom. The monoisotopic (exact) mass is 411 g/mol. The number of ether oxygens (including phenoxy) is 1. The number of hydrogen-bond acceptors (Lipinski definition) is 5. The largest absolute Gasteiger partial charge is 0.710 e. The first-order chi connectivity index (χ1) is 13.2. The van der Waals surface area contributed by atoms with Crippen LogP contribution in [-0.2, 0) is 19.3 Å². The maximum atomic E-state index is 13.6. The predicted molar refractivity (Wildman–Crippen MR) is 99.3 cm³/mol. The third-order valence-electron chi connectivity index (χ3n) is 7.02. The van der Waals surface area contributed by atoms with E-state index in [-0.39, 0.29) is 17.4 Å². The number of carbonyl (C=O) groups is 1. The average Bonchev–Trinajstić information content (AvgIpc) is 2.58. The molecule has 2 unspecified atom stereocenters. The van der Waals surface area contributed by atoms with Gasteiger partial charge in [0.1, 0.15) is 0 Å². The lowest BCUT2D eigenvalue weighted by molar-refractivity contribution is -0.630. The Morgan fingerprint density at radius 2 is 1.93 bits per heavy atom. The summed E-state index contributed by atoms with van der Waals surface area (Å²) in [6.45, 7) is 4.22. The maximum absolute atomic E-state index is 13.6. The Morgan fingerprint density at radius 1 is 1.25 bits per heavy atom. The van der Waals surface area contributed by atoms with E-state index in [1.54, 1.807) is 0 Å². The fourth-order valence-corrected chi connectivity index (χ4v) is 6.94. The number of alkyl halides is 2. The van der Waals surface area contributed by atoms with Crippen LogP contribution in [0.15, 0.2) is 18.2 Å². The molecule has 0 amide bonds. The molecule has 4 aliphatic rings. The molecule has 1 aromatic rings. The van der Waals surface area contributed by atoms with E-state index in [4.69, 9.17) is 4.74 Å². The molecule has 1 aromatic carbocycles. The minimum Gasteiger partial charge on any atom is -0.710 e. The molecule has 0 heterocycles. The minimum atomic E-state index is -3.98. The average molecular weight is 411 g/mol. The molecule has 4 bridgehead atoms. The van der Waals surface area contributed by atoms with Gasteiger partial charge in [0.25, 0.3) is 0 Å². The highest BCUT2D eigenvalue weighted by molar-refractivity contribution is 7.96. The molecule has 0 saturated heterocycles. The number of carbonyl (C=O) groups excluding carboxylic acids is 1. The van der Waals surface area contributed by atoms with Crippen LogP contribution in [0.25, 0.3) is 0 Å². The van der Waals surface area contributed by atoms with Crippen molar-refractivity contribution >= 4 is 18.0 Å². The van der Waals surface area contributed by atoms with Crippen LogP contribution in [0.5, 0.6) is 0 Å². The molecule has 2 atom stereocenters. The molecular formula is C21H25F2O4S-. The molecule has 0 aromatic heterocycles. The Kier molecular flexibility index (Phi) is 5.00. The summed E-state index contributed by atoms with van der Waals surface area (Å²) < 4.78 is 35.3. The second-order valence-corrected chi connectivity index (χ2v) is 10.1. The Labute approximate surface area is 168 Å². The topological polar surface area (TPSA) is 58.6 Å². The first-order valence-corrected chi connectivity index (χ1v) is 10.5. The van der Waals surface area contributed by atoms with Gasteiger partial charge in [-0.3, -0.25) is 0 Å². The molecule has 28 heavy (non-hydrogen) atoms. The van der Waals surface area contributed by atoms with Gasteiger partial charge in [-0.1, -0.05) is 23.8 Å². The predicted octanol–water partition coefficient (Wildman–Crippen LogP) is 4.22. The van der Waals surface area contributed by atoms with Gasteiger partial charge >= 0.3 is 11.2 Å². The second kappa shape index (κ2) is 6.96. The Hall–Kier alpha value is -1.18. The number of halogens is 2. The number of hydrogen-bond donors (Lipinski definition) is 0. The number of rotatable bonds is 6. The number of benzene rings is 1. The van der Waals surface area contributed by atoms with Crippen LogP contribution in [0.3, 0.4) is 0 Å². The van der Waals surface area contributed by atoms with Gasteiger partial charge in [-0.05, 0) is 80.8 Å². The highest BCUT2D eigenvalue weighted by Gasteiger charge is 2.59. The van der Waals surface area contributed by atoms with E-state index in [2.05, 4.69) is 36.4 Å². The summed E-state index contributed by atoms with van der Waals surface area (Å²) in [6, 6.07) is 6.59. The van der Waals surface area contributed by atoms with E-state index in [9.17, 15) is 18.8 Å². The third kappa shape index (κ3) is 3.46. The van der Waals surface area contributed by atoms with Crippen molar-refractivity contribution in [1.82, 2.24) is 0 Å². The molecule has 0 spiro atoms. The van der Waals surface area contributed by atoms with Gasteiger partial charge in [-0.15, -0.1) is 0 Å². The van der Waals surface area contributed by atoms with Gasteiger partial charge in [0.2, 0.25) is 0 Å². The van der Waals surface area contributed by atoms with Crippen molar-refractivity contribution < 1.29 is 27.9 Å². The normalized spacial score (nSPS) is 33.9. The van der Waals surface area contributed by atoms with E-state index >= 15 is 0 Å². The number of esters is 1. The zero-order chi connectivity index (χ0) is 20.2. The summed E-state index contributed by atoms with van der Waals surface area (Å²) in [4.78, 5) is 11.8. The third-order valence-corrected chi connectivity index (χ3v) is 7.47. The quantitative estimate of drug-likeness (QED) is 0.304. The molecule has 4 fully saturated rings. The van der Waals surface area contributed by atoms with Crippen molar-refractivity contribution in [2.24, 2.45) is 17.3 Å². The lowest BCUT2D eigenvalue weighted by atomic mass is 9.43. The summed E-state index contributed by atoms with van der Waals surface area (Å²) in [7, 11) is 0. The summed E-state index contributed by atoms with van der Waals surface area (Å²) in [6.07, 6.45) is 6.12. The van der Waals surface area contributed by atoms with Crippen LogP contribution < -0.4 is 5.26 Å². The first-order valence-electron chi connectivity index (χ1n) is 9.77. The lowest BCUT2D eigenvalue weighted by Crippen LogP contribution is -2.56. The van der Waals surface area contributed by atoms with Gasteiger partial charge < -0.3 is 14.3 Å². The van der Waals surface area contributed by atoms with Crippen LogP contribution in [-0.4, -0.2) is 17.8 Å². The summed E-state index contributed by atoms with van der Waals surface area (Å²) in [5, 5.41) is 6.03. The van der Waals surface area contributed by atoms with Gasteiger partial charge in [0, 0.05) is 5.41 Å². The highest BCUT2D eigenvalue weighted by Crippen LogP contribution is 2.66. The van der Waals surface area contributed by atoms with Gasteiger partial charge in [0.15, 0.2) is 0 Å². The molecule has 154 valence electrons. The summed E-state index contributed by atoms with van der Waals surface area (Å²) >= 11 is -0.705. The molecule has 4 saturated carbocycles. The molecule has 7 heteroatoms. The van der Waals surface area contributed by atoms with Crippen LogP contribution in [0, 0.1) is 31.1 Å². The second-order valence-electron chi connectivity index (χ2n) is 9.30. The molecule has 0 aliphatic heterocycles. The van der Waals surface area contributed by atoms with E-state index in [1.165, 1.54) is 23.1 Å². The highest BCUT2D eigenvalue weighted by atomic mass is 32.2. The summed E-state index contributed by atoms with van der Waals surface area (Å²) in [5.74, 6) is -0.606. The summed E-state index contributed by atoms with van der Waals surface area (Å²) in [5.41, 5.74) is 3.67. The van der Waals surface area contributed by atoms with Crippen molar-refractivity contribution in [3.63, 3.8) is 0 Å². The van der Waals surface area contributed by atoms with Crippen molar-refractivity contribution in [1.29, 1.82) is 0 Å². The van der Waals surface area contributed by atoms with E-state index < -0.39 is 23.3 Å². The van der Waals surface area contributed by atoms with E-state index in [0.29, 0.717) is 11.8 Å². The van der Waals surface area contributed by atoms with Gasteiger partial charge in [-0.25, -0.2) is 4.79 Å². The maximum Gasteiger partial charge on any atom is 0.412 e. The van der Waals surface area contributed by atoms with Crippen molar-refractivity contribution in [3.05, 3.63) is 34.9 Å². The fourth-order valence-electron chi connectivity index (χ4n) is 6.72. The smallest absolute Gasteiger partial charge is 0.412 e. The SMILES string of the molecule is Cc1ccc(C23CC4CC(CC(COC(=O)C(F)(F)SO[O-])(C4)C2)C3)c(C)c1. The Bertz CT molecular complexity index is 768. The zero-order valence-electron chi connectivity index (χ0n) is 16.1. The van der Waals surface area contributed by atoms with Crippen LogP contribution in [0.4, 0.5) is 8.78 Å². The zero-order valence-corrected chi connectivity index (χ0v) is 17.0. The van der Waals surface area contributed by atoms with Crippen molar-refractivity contribution in [2.45, 2.75) is 63.0 Å². The molecule has 5 rings (SSSR count). The molecule has 4 aliphatic carbocycles. The van der Waals surface area contributed by atoms with Gasteiger partial charge in [0.05, 0.1) is 18.6 Å². The Balaban J connectivity index is 1.57. The lowest BCUT2D eigenvalue weighted by Gasteiger charge is -2.62. The molecule has 0 N–H and O–H groups in total. The van der Waals surface area contributed by atoms with Crippen LogP contribution >= 0.6 is 12.0 Å². The number of aryl methyl sites for hydroxylation is 2. The van der Waals surface area contributed by atoms with Crippen molar-refractivity contribution in [3.8, 4) is 0 Å². The van der Waals surface area contributed by atoms with Crippen LogP contribution in [0.1, 0.15) is 55.2 Å². The van der Waals surface area contributed by atoms with E-state index in [1.807, 2.05) is 0 Å². The van der Waals surface area contributed by atoms with E-state index in [0.717, 1.165) is 32.1 Å². The molecule has 4 nitrogen and oxygen atoms in total. The molecule has 0 radical (unpaired) electrons. The molecular weight excluding hydrogens is 386 g/mol. The minimum absolute atomic E-state index is 0.0134.